The number of allylic oxidation sites excluding steroid dienone is 2. The van der Waals surface area contributed by atoms with Gasteiger partial charge in [0.2, 0.25) is 12.1 Å². The molecule has 1 N–H and O–H groups in total. The van der Waals surface area contributed by atoms with Crippen molar-refractivity contribution in [1.82, 2.24) is 0 Å². The monoisotopic (exact) mass is 226 g/mol. The molecular weight excluding hydrogens is 208 g/mol. The summed E-state index contributed by atoms with van der Waals surface area (Å²) in [7, 11) is 0. The van der Waals surface area contributed by atoms with Crippen molar-refractivity contribution < 1.29 is 19.4 Å². The zero-order chi connectivity index (χ0) is 12.0. The van der Waals surface area contributed by atoms with E-state index in [0.717, 1.165) is 0 Å². The Morgan fingerprint density at radius 3 is 2.44 bits per heavy atom. The number of rotatable bonds is 6. The Balaban J connectivity index is 2.73. The summed E-state index contributed by atoms with van der Waals surface area (Å²) in [5.41, 5.74) is -1.50. The maximum absolute atomic E-state index is 12.0. The SMILES string of the molecule is CCOC(OCC)C(=O)[C@]1(O)C=CC=CC1. The Morgan fingerprint density at radius 2 is 2.00 bits per heavy atom. The molecule has 16 heavy (non-hydrogen) atoms. The average Bonchev–Trinajstić information content (AvgIpc) is 2.29. The van der Waals surface area contributed by atoms with Crippen LogP contribution >= 0.6 is 0 Å². The lowest BCUT2D eigenvalue weighted by Gasteiger charge is -2.27. The number of hydrogen-bond donors (Lipinski definition) is 1. The Hall–Kier alpha value is -0.970. The first-order valence-electron chi connectivity index (χ1n) is 5.48. The molecule has 0 saturated carbocycles. The summed E-state index contributed by atoms with van der Waals surface area (Å²) >= 11 is 0. The molecule has 0 saturated heterocycles. The Bertz CT molecular complexity index is 289. The third-order valence-corrected chi connectivity index (χ3v) is 2.33. The lowest BCUT2D eigenvalue weighted by atomic mass is 9.90. The van der Waals surface area contributed by atoms with E-state index in [1.54, 1.807) is 32.1 Å². The van der Waals surface area contributed by atoms with Crippen molar-refractivity contribution >= 4 is 5.78 Å². The highest BCUT2D eigenvalue weighted by atomic mass is 16.7. The van der Waals surface area contributed by atoms with E-state index in [4.69, 9.17) is 9.47 Å². The number of ether oxygens (including phenoxy) is 2. The van der Waals surface area contributed by atoms with E-state index in [-0.39, 0.29) is 6.42 Å². The van der Waals surface area contributed by atoms with Crippen molar-refractivity contribution in [2.45, 2.75) is 32.2 Å². The smallest absolute Gasteiger partial charge is 0.224 e. The molecule has 0 aliphatic heterocycles. The first-order valence-corrected chi connectivity index (χ1v) is 5.48. The predicted molar refractivity (Wildman–Crippen MR) is 59.9 cm³/mol. The lowest BCUT2D eigenvalue weighted by Crippen LogP contribution is -2.46. The number of hydrogen-bond acceptors (Lipinski definition) is 4. The first kappa shape index (κ1) is 13.1. The molecule has 1 aliphatic carbocycles. The van der Waals surface area contributed by atoms with Crippen molar-refractivity contribution in [3.05, 3.63) is 24.3 Å². The molecule has 0 heterocycles. The van der Waals surface area contributed by atoms with E-state index in [1.807, 2.05) is 0 Å². The summed E-state index contributed by atoms with van der Waals surface area (Å²) in [6, 6.07) is 0. The number of Topliss-reactive ketones (excluding diaryl/α,β-unsaturated/α-hetero) is 1. The summed E-state index contributed by atoms with van der Waals surface area (Å²) in [6.07, 6.45) is 5.93. The van der Waals surface area contributed by atoms with Gasteiger partial charge in [0.1, 0.15) is 5.60 Å². The largest absolute Gasteiger partial charge is 0.377 e. The molecular formula is C12H18O4. The molecule has 1 atom stereocenters. The van der Waals surface area contributed by atoms with Gasteiger partial charge in [-0.15, -0.1) is 0 Å². The molecule has 0 bridgehead atoms. The molecule has 1 aliphatic rings. The van der Waals surface area contributed by atoms with Gasteiger partial charge in [0.25, 0.3) is 0 Å². The van der Waals surface area contributed by atoms with Crippen molar-refractivity contribution in [2.75, 3.05) is 13.2 Å². The van der Waals surface area contributed by atoms with Crippen LogP contribution in [0.15, 0.2) is 24.3 Å². The number of aliphatic hydroxyl groups is 1. The van der Waals surface area contributed by atoms with Crippen molar-refractivity contribution in [3.63, 3.8) is 0 Å². The Kier molecular flexibility index (Phi) is 4.86. The van der Waals surface area contributed by atoms with E-state index < -0.39 is 17.7 Å². The molecule has 1 rings (SSSR count). The second kappa shape index (κ2) is 5.94. The molecule has 0 aromatic carbocycles. The van der Waals surface area contributed by atoms with Crippen LogP contribution in [0.3, 0.4) is 0 Å². The van der Waals surface area contributed by atoms with Crippen molar-refractivity contribution in [1.29, 1.82) is 0 Å². The fourth-order valence-corrected chi connectivity index (χ4v) is 1.50. The minimum atomic E-state index is -1.50. The van der Waals surface area contributed by atoms with E-state index in [2.05, 4.69) is 0 Å². The van der Waals surface area contributed by atoms with Crippen LogP contribution in [-0.4, -0.2) is 36.0 Å². The highest BCUT2D eigenvalue weighted by Gasteiger charge is 2.38. The second-order valence-electron chi connectivity index (χ2n) is 3.52. The van der Waals surface area contributed by atoms with E-state index in [1.165, 1.54) is 6.08 Å². The highest BCUT2D eigenvalue weighted by molar-refractivity contribution is 5.92. The van der Waals surface area contributed by atoms with Crippen LogP contribution < -0.4 is 0 Å². The molecule has 0 amide bonds. The standard InChI is InChI=1S/C12H18O4/c1-3-15-11(16-4-2)10(13)12(14)8-6-5-7-9-12/h5-8,11,14H,3-4,9H2,1-2H3/t12-/m0/s1. The highest BCUT2D eigenvalue weighted by Crippen LogP contribution is 2.21. The summed E-state index contributed by atoms with van der Waals surface area (Å²) in [6.45, 7) is 4.29. The zero-order valence-corrected chi connectivity index (χ0v) is 9.68. The molecule has 0 radical (unpaired) electrons. The first-order chi connectivity index (χ1) is 7.64. The third-order valence-electron chi connectivity index (χ3n) is 2.33. The van der Waals surface area contributed by atoms with Gasteiger partial charge in [0.05, 0.1) is 0 Å². The van der Waals surface area contributed by atoms with Gasteiger partial charge < -0.3 is 14.6 Å². The summed E-state index contributed by atoms with van der Waals surface area (Å²) in [5.74, 6) is -0.447. The van der Waals surface area contributed by atoms with Crippen LogP contribution in [0.4, 0.5) is 0 Å². The van der Waals surface area contributed by atoms with Crippen LogP contribution in [-0.2, 0) is 14.3 Å². The average molecular weight is 226 g/mol. The van der Waals surface area contributed by atoms with E-state index >= 15 is 0 Å². The number of carbonyl (C=O) groups excluding carboxylic acids is 1. The minimum Gasteiger partial charge on any atom is -0.377 e. The fraction of sp³-hybridized carbons (Fsp3) is 0.583. The number of carbonyl (C=O) groups is 1. The maximum Gasteiger partial charge on any atom is 0.224 e. The fourth-order valence-electron chi connectivity index (χ4n) is 1.50. The Morgan fingerprint density at radius 1 is 1.38 bits per heavy atom. The van der Waals surface area contributed by atoms with Crippen LogP contribution in [0.25, 0.3) is 0 Å². The molecule has 4 nitrogen and oxygen atoms in total. The predicted octanol–water partition coefficient (Wildman–Crippen LogP) is 1.20. The third kappa shape index (κ3) is 3.01. The minimum absolute atomic E-state index is 0.263. The van der Waals surface area contributed by atoms with Gasteiger partial charge in [0.15, 0.2) is 0 Å². The number of ketones is 1. The van der Waals surface area contributed by atoms with Gasteiger partial charge in [-0.3, -0.25) is 4.79 Å². The van der Waals surface area contributed by atoms with E-state index in [0.29, 0.717) is 13.2 Å². The van der Waals surface area contributed by atoms with Gasteiger partial charge in [-0.05, 0) is 19.9 Å². The van der Waals surface area contributed by atoms with Crippen LogP contribution in [0.1, 0.15) is 20.3 Å². The Labute approximate surface area is 95.6 Å². The van der Waals surface area contributed by atoms with Gasteiger partial charge in [-0.1, -0.05) is 18.2 Å². The molecule has 4 heteroatoms. The summed E-state index contributed by atoms with van der Waals surface area (Å²) in [5, 5.41) is 10.1. The molecule has 0 unspecified atom stereocenters. The van der Waals surface area contributed by atoms with Gasteiger partial charge >= 0.3 is 0 Å². The summed E-state index contributed by atoms with van der Waals surface area (Å²) < 4.78 is 10.3. The van der Waals surface area contributed by atoms with Crippen molar-refractivity contribution in [3.8, 4) is 0 Å². The van der Waals surface area contributed by atoms with Gasteiger partial charge in [-0.25, -0.2) is 0 Å². The molecule has 0 aromatic heterocycles. The topological polar surface area (TPSA) is 55.8 Å². The van der Waals surface area contributed by atoms with Crippen LogP contribution in [0.5, 0.6) is 0 Å². The van der Waals surface area contributed by atoms with Crippen molar-refractivity contribution in [2.24, 2.45) is 0 Å². The maximum atomic E-state index is 12.0. The zero-order valence-electron chi connectivity index (χ0n) is 9.68. The van der Waals surface area contributed by atoms with Crippen LogP contribution in [0.2, 0.25) is 0 Å². The second-order valence-corrected chi connectivity index (χ2v) is 3.52. The lowest BCUT2D eigenvalue weighted by molar-refractivity contribution is -0.180. The molecule has 0 fully saturated rings. The van der Waals surface area contributed by atoms with E-state index in [9.17, 15) is 9.90 Å². The van der Waals surface area contributed by atoms with Gasteiger partial charge in [-0.2, -0.15) is 0 Å². The molecule has 90 valence electrons. The molecule has 0 spiro atoms. The van der Waals surface area contributed by atoms with Crippen LogP contribution in [0, 0.1) is 0 Å². The normalized spacial score (nSPS) is 24.0. The summed E-state index contributed by atoms with van der Waals surface area (Å²) in [4.78, 5) is 12.0. The van der Waals surface area contributed by atoms with Gasteiger partial charge in [0, 0.05) is 19.6 Å². The molecule has 0 aromatic rings. The quantitative estimate of drug-likeness (QED) is 0.691.